The lowest BCUT2D eigenvalue weighted by atomic mass is 10.1. The molecule has 1 saturated carbocycles. The predicted octanol–water partition coefficient (Wildman–Crippen LogP) is 3.01. The molecular weight excluding hydrogens is 504 g/mol. The zero-order chi connectivity index (χ0) is 27.6. The van der Waals surface area contributed by atoms with Crippen molar-refractivity contribution in [3.8, 4) is 22.9 Å². The van der Waals surface area contributed by atoms with Crippen LogP contribution in [0.2, 0.25) is 0 Å². The van der Waals surface area contributed by atoms with Gasteiger partial charge in [-0.25, -0.2) is 0 Å². The molecule has 1 atom stereocenters. The van der Waals surface area contributed by atoms with E-state index in [2.05, 4.69) is 20.7 Å². The maximum absolute atomic E-state index is 13.7. The van der Waals surface area contributed by atoms with Gasteiger partial charge in [0.1, 0.15) is 12.3 Å². The molecule has 1 aliphatic rings. The first-order chi connectivity index (χ1) is 19.0. The minimum absolute atomic E-state index is 0.0939. The van der Waals surface area contributed by atoms with Crippen LogP contribution < -0.4 is 14.8 Å². The van der Waals surface area contributed by atoms with Crippen LogP contribution in [-0.2, 0) is 20.9 Å². The van der Waals surface area contributed by atoms with Crippen molar-refractivity contribution >= 4 is 11.8 Å². The lowest BCUT2D eigenvalue weighted by Crippen LogP contribution is -2.47. The summed E-state index contributed by atoms with van der Waals surface area (Å²) in [4.78, 5) is 29.9. The molecule has 2 amide bonds. The molecule has 12 heteroatoms. The molecule has 1 fully saturated rings. The van der Waals surface area contributed by atoms with Crippen LogP contribution in [0.3, 0.4) is 0 Å². The predicted molar refractivity (Wildman–Crippen MR) is 141 cm³/mol. The first kappa shape index (κ1) is 28.1. The number of hydrogen-bond acceptors (Lipinski definition) is 9. The van der Waals surface area contributed by atoms with Gasteiger partial charge in [-0.15, -0.1) is 10.2 Å². The molecule has 2 heterocycles. The summed E-state index contributed by atoms with van der Waals surface area (Å²) in [6, 6.07) is 7.86. The average Bonchev–Trinajstić information content (AvgIpc) is 3.74. The summed E-state index contributed by atoms with van der Waals surface area (Å²) in [5, 5.41) is 15.7. The van der Waals surface area contributed by atoms with Crippen molar-refractivity contribution < 1.29 is 28.2 Å². The summed E-state index contributed by atoms with van der Waals surface area (Å²) in [7, 11) is 3.10. The van der Waals surface area contributed by atoms with Crippen LogP contribution in [-0.4, -0.2) is 76.9 Å². The van der Waals surface area contributed by atoms with Crippen LogP contribution >= 0.6 is 0 Å². The Kier molecular flexibility index (Phi) is 9.90. The number of aromatic nitrogens is 4. The van der Waals surface area contributed by atoms with E-state index in [4.69, 9.17) is 18.6 Å². The van der Waals surface area contributed by atoms with Gasteiger partial charge in [-0.05, 0) is 61.7 Å². The topological polar surface area (TPSA) is 134 Å². The quantitative estimate of drug-likeness (QED) is 0.306. The second-order valence-corrected chi connectivity index (χ2v) is 9.26. The summed E-state index contributed by atoms with van der Waals surface area (Å²) in [5.41, 5.74) is 0.657. The third kappa shape index (κ3) is 7.14. The number of carbonyl (C=O) groups is 2. The first-order valence-corrected chi connectivity index (χ1v) is 13.2. The molecule has 1 N–H and O–H groups in total. The number of benzene rings is 1. The van der Waals surface area contributed by atoms with E-state index in [-0.39, 0.29) is 24.4 Å². The van der Waals surface area contributed by atoms with Crippen LogP contribution in [0.25, 0.3) is 11.4 Å². The van der Waals surface area contributed by atoms with Crippen molar-refractivity contribution in [2.45, 2.75) is 57.7 Å². The van der Waals surface area contributed by atoms with Crippen molar-refractivity contribution in [3.63, 3.8) is 0 Å². The van der Waals surface area contributed by atoms with E-state index in [1.807, 2.05) is 6.92 Å². The molecule has 1 aromatic carbocycles. The number of nitrogens with zero attached hydrogens (tertiary/aromatic N) is 5. The molecule has 12 nitrogen and oxygen atoms in total. The van der Waals surface area contributed by atoms with Gasteiger partial charge in [0.2, 0.25) is 11.7 Å². The van der Waals surface area contributed by atoms with E-state index in [1.165, 1.54) is 16.0 Å². The van der Waals surface area contributed by atoms with E-state index in [0.717, 1.165) is 25.7 Å². The molecule has 39 heavy (non-hydrogen) atoms. The van der Waals surface area contributed by atoms with Crippen molar-refractivity contribution in [2.24, 2.45) is 0 Å². The molecule has 0 aliphatic heterocycles. The van der Waals surface area contributed by atoms with Gasteiger partial charge in [0.15, 0.2) is 17.5 Å². The van der Waals surface area contributed by atoms with Gasteiger partial charge >= 0.3 is 0 Å². The van der Waals surface area contributed by atoms with Gasteiger partial charge in [0.25, 0.3) is 5.91 Å². The van der Waals surface area contributed by atoms with E-state index in [9.17, 15) is 9.59 Å². The van der Waals surface area contributed by atoms with Crippen LogP contribution in [0, 0.1) is 0 Å². The van der Waals surface area contributed by atoms with Crippen LogP contribution in [0.15, 0.2) is 41.0 Å². The number of furan rings is 1. The van der Waals surface area contributed by atoms with Crippen LogP contribution in [0.5, 0.6) is 11.5 Å². The third-order valence-electron chi connectivity index (χ3n) is 6.66. The first-order valence-electron chi connectivity index (χ1n) is 13.2. The Labute approximate surface area is 227 Å². The van der Waals surface area contributed by atoms with Gasteiger partial charge in [0.05, 0.1) is 20.5 Å². The van der Waals surface area contributed by atoms with Crippen LogP contribution in [0.4, 0.5) is 0 Å². The van der Waals surface area contributed by atoms with E-state index in [0.29, 0.717) is 54.8 Å². The van der Waals surface area contributed by atoms with E-state index < -0.39 is 6.04 Å². The summed E-state index contributed by atoms with van der Waals surface area (Å²) in [6.45, 7) is 3.03. The standard InChI is InChI=1S/C27H36N6O6/c1-4-38-15-8-14-32(25(22-11-7-16-39-22)27(35)28-20-9-5-6-10-20)24(34)18-33-30-26(29-31-33)19-12-13-21(36-2)23(17-19)37-3/h7,11-13,16-17,20,25H,4-6,8-10,14-15,18H2,1-3H3,(H,28,35)/t25-/m1/s1. The molecule has 1 aliphatic carbocycles. The maximum atomic E-state index is 13.7. The number of rotatable bonds is 14. The second kappa shape index (κ2) is 13.7. The number of hydrogen-bond donors (Lipinski definition) is 1. The molecule has 0 spiro atoms. The molecule has 3 aromatic rings. The van der Waals surface area contributed by atoms with Crippen molar-refractivity contribution in [1.82, 2.24) is 30.4 Å². The molecule has 0 saturated heterocycles. The maximum Gasteiger partial charge on any atom is 0.250 e. The summed E-state index contributed by atoms with van der Waals surface area (Å²) < 4.78 is 21.8. The molecule has 0 unspecified atom stereocenters. The normalized spacial score (nSPS) is 14.2. The van der Waals surface area contributed by atoms with Crippen molar-refractivity contribution in [2.75, 3.05) is 34.0 Å². The lowest BCUT2D eigenvalue weighted by Gasteiger charge is -2.30. The lowest BCUT2D eigenvalue weighted by molar-refractivity contribution is -0.143. The minimum Gasteiger partial charge on any atom is -0.493 e. The summed E-state index contributed by atoms with van der Waals surface area (Å²) in [6.07, 6.45) is 6.06. The molecular formula is C27H36N6O6. The third-order valence-corrected chi connectivity index (χ3v) is 6.66. The van der Waals surface area contributed by atoms with Gasteiger partial charge < -0.3 is 28.8 Å². The Morgan fingerprint density at radius 3 is 2.67 bits per heavy atom. The highest BCUT2D eigenvalue weighted by Gasteiger charge is 2.35. The number of methoxy groups -OCH3 is 2. The number of carbonyl (C=O) groups excluding carboxylic acids is 2. The smallest absolute Gasteiger partial charge is 0.250 e. The Morgan fingerprint density at radius 1 is 1.18 bits per heavy atom. The summed E-state index contributed by atoms with van der Waals surface area (Å²) in [5.74, 6) is 1.22. The fourth-order valence-corrected chi connectivity index (χ4v) is 4.71. The fourth-order valence-electron chi connectivity index (χ4n) is 4.71. The number of tetrazole rings is 1. The molecule has 210 valence electrons. The summed E-state index contributed by atoms with van der Waals surface area (Å²) >= 11 is 0. The highest BCUT2D eigenvalue weighted by atomic mass is 16.5. The molecule has 0 radical (unpaired) electrons. The Hall–Kier alpha value is -3.93. The van der Waals surface area contributed by atoms with Gasteiger partial charge in [-0.1, -0.05) is 12.8 Å². The molecule has 0 bridgehead atoms. The van der Waals surface area contributed by atoms with Gasteiger partial charge in [-0.2, -0.15) is 4.80 Å². The van der Waals surface area contributed by atoms with E-state index >= 15 is 0 Å². The van der Waals surface area contributed by atoms with E-state index in [1.54, 1.807) is 44.6 Å². The van der Waals surface area contributed by atoms with Crippen molar-refractivity contribution in [1.29, 1.82) is 0 Å². The Morgan fingerprint density at radius 2 is 1.97 bits per heavy atom. The van der Waals surface area contributed by atoms with Crippen LogP contribution in [0.1, 0.15) is 50.8 Å². The molecule has 4 rings (SSSR count). The minimum atomic E-state index is -0.927. The van der Waals surface area contributed by atoms with Gasteiger partial charge in [-0.3, -0.25) is 9.59 Å². The number of nitrogens with one attached hydrogen (secondary N) is 1. The molecule has 2 aromatic heterocycles. The fraction of sp³-hybridized carbons (Fsp3) is 0.519. The zero-order valence-corrected chi connectivity index (χ0v) is 22.7. The number of amides is 2. The largest absolute Gasteiger partial charge is 0.493 e. The Balaban J connectivity index is 1.55. The van der Waals surface area contributed by atoms with Crippen molar-refractivity contribution in [3.05, 3.63) is 42.4 Å². The number of ether oxygens (including phenoxy) is 3. The monoisotopic (exact) mass is 540 g/mol. The Bertz CT molecular complexity index is 1210. The highest BCUT2D eigenvalue weighted by Crippen LogP contribution is 2.31. The zero-order valence-electron chi connectivity index (χ0n) is 22.7. The highest BCUT2D eigenvalue weighted by molar-refractivity contribution is 5.88. The second-order valence-electron chi connectivity index (χ2n) is 9.26. The van der Waals surface area contributed by atoms with Gasteiger partial charge in [0, 0.05) is 31.4 Å². The average molecular weight is 541 g/mol. The SMILES string of the molecule is CCOCCCN(C(=O)Cn1nnc(-c2ccc(OC)c(OC)c2)n1)[C@@H](C(=O)NC1CCCC1)c1ccco1.